The van der Waals surface area contributed by atoms with Gasteiger partial charge in [0, 0.05) is 18.8 Å². The number of fused-ring (bicyclic) bond motifs is 1. The quantitative estimate of drug-likeness (QED) is 0.857. The summed E-state index contributed by atoms with van der Waals surface area (Å²) >= 11 is 0. The summed E-state index contributed by atoms with van der Waals surface area (Å²) in [6.07, 6.45) is 6.80. The van der Waals surface area contributed by atoms with Crippen LogP contribution in [0.1, 0.15) is 30.2 Å². The van der Waals surface area contributed by atoms with Crippen LogP contribution < -0.4 is 0 Å². The van der Waals surface area contributed by atoms with E-state index in [9.17, 15) is 8.42 Å². The Morgan fingerprint density at radius 1 is 1.26 bits per heavy atom. The van der Waals surface area contributed by atoms with Crippen molar-refractivity contribution in [1.82, 2.24) is 9.97 Å². The van der Waals surface area contributed by atoms with E-state index in [1.807, 2.05) is 0 Å². The number of hydrogen-bond acceptors (Lipinski definition) is 5. The number of oxazole rings is 1. The molecule has 100 valence electrons. The highest BCUT2D eigenvalue weighted by molar-refractivity contribution is 7.90. The maximum absolute atomic E-state index is 12.2. The number of aromatic nitrogens is 2. The molecule has 0 unspecified atom stereocenters. The molecule has 6 heteroatoms. The Morgan fingerprint density at radius 2 is 2.11 bits per heavy atom. The molecule has 0 fully saturated rings. The molecule has 0 saturated heterocycles. The number of hydrogen-bond donors (Lipinski definition) is 0. The third kappa shape index (κ3) is 2.53. The summed E-state index contributed by atoms with van der Waals surface area (Å²) in [5.74, 6) is 0.935. The Labute approximate surface area is 111 Å². The van der Waals surface area contributed by atoms with Crippen LogP contribution in [-0.2, 0) is 28.4 Å². The van der Waals surface area contributed by atoms with E-state index in [0.717, 1.165) is 37.1 Å². The lowest BCUT2D eigenvalue weighted by Crippen LogP contribution is -2.05. The highest BCUT2D eigenvalue weighted by Gasteiger charge is 2.22. The number of pyridine rings is 1. The van der Waals surface area contributed by atoms with Gasteiger partial charge in [0.25, 0.3) is 0 Å². The number of rotatable bonds is 3. The fraction of sp³-hybridized carbons (Fsp3) is 0.385. The maximum atomic E-state index is 12.2. The molecule has 1 aliphatic carbocycles. The lowest BCUT2D eigenvalue weighted by molar-refractivity contribution is 0.449. The van der Waals surface area contributed by atoms with Crippen molar-refractivity contribution in [3.63, 3.8) is 0 Å². The lowest BCUT2D eigenvalue weighted by Gasteiger charge is -2.05. The van der Waals surface area contributed by atoms with Gasteiger partial charge in [-0.2, -0.15) is 0 Å². The molecule has 2 aromatic rings. The van der Waals surface area contributed by atoms with Crippen LogP contribution >= 0.6 is 0 Å². The van der Waals surface area contributed by atoms with Crippen molar-refractivity contribution in [2.45, 2.75) is 36.3 Å². The van der Waals surface area contributed by atoms with Gasteiger partial charge in [-0.15, -0.1) is 0 Å². The van der Waals surface area contributed by atoms with Crippen LogP contribution in [0.5, 0.6) is 0 Å². The van der Waals surface area contributed by atoms with Gasteiger partial charge in [0.15, 0.2) is 9.84 Å². The Balaban J connectivity index is 1.87. The molecule has 0 radical (unpaired) electrons. The van der Waals surface area contributed by atoms with Crippen molar-refractivity contribution in [2.24, 2.45) is 0 Å². The van der Waals surface area contributed by atoms with Crippen molar-refractivity contribution in [3.05, 3.63) is 41.9 Å². The molecule has 0 atom stereocenters. The van der Waals surface area contributed by atoms with Crippen molar-refractivity contribution in [1.29, 1.82) is 0 Å². The van der Waals surface area contributed by atoms with Gasteiger partial charge in [-0.3, -0.25) is 4.98 Å². The molecule has 2 aromatic heterocycles. The second-order valence-corrected chi connectivity index (χ2v) is 6.62. The molecule has 0 amide bonds. The van der Waals surface area contributed by atoms with E-state index in [1.165, 1.54) is 12.3 Å². The summed E-state index contributed by atoms with van der Waals surface area (Å²) in [5, 5.41) is 0. The molecule has 0 saturated carbocycles. The Kier molecular flexibility index (Phi) is 3.10. The smallest absolute Gasteiger partial charge is 0.210 e. The second-order valence-electron chi connectivity index (χ2n) is 4.63. The van der Waals surface area contributed by atoms with Crippen LogP contribution in [0.25, 0.3) is 0 Å². The zero-order chi connectivity index (χ0) is 13.3. The van der Waals surface area contributed by atoms with E-state index in [4.69, 9.17) is 4.42 Å². The van der Waals surface area contributed by atoms with Gasteiger partial charge in [-0.1, -0.05) is 0 Å². The first-order valence-electron chi connectivity index (χ1n) is 6.25. The second kappa shape index (κ2) is 4.77. The van der Waals surface area contributed by atoms with E-state index in [-0.39, 0.29) is 16.5 Å². The fourth-order valence-corrected chi connectivity index (χ4v) is 3.37. The normalized spacial score (nSPS) is 15.2. The van der Waals surface area contributed by atoms with Crippen LogP contribution in [0.15, 0.2) is 33.8 Å². The molecule has 0 aromatic carbocycles. The molecule has 0 spiro atoms. The molecule has 0 N–H and O–H groups in total. The molecular weight excluding hydrogens is 264 g/mol. The minimum absolute atomic E-state index is 0.200. The molecule has 0 bridgehead atoms. The summed E-state index contributed by atoms with van der Waals surface area (Å²) in [6, 6.07) is 3.14. The van der Waals surface area contributed by atoms with Gasteiger partial charge in [0.2, 0.25) is 5.89 Å². The van der Waals surface area contributed by atoms with Crippen molar-refractivity contribution in [2.75, 3.05) is 0 Å². The highest BCUT2D eigenvalue weighted by Crippen LogP contribution is 2.23. The first-order chi connectivity index (χ1) is 9.15. The molecule has 0 aliphatic heterocycles. The molecule has 5 nitrogen and oxygen atoms in total. The topological polar surface area (TPSA) is 73.1 Å². The monoisotopic (exact) mass is 278 g/mol. The van der Waals surface area contributed by atoms with Gasteiger partial charge in [0.05, 0.1) is 10.6 Å². The molecule has 1 aliphatic rings. The van der Waals surface area contributed by atoms with Crippen LogP contribution in [0, 0.1) is 0 Å². The van der Waals surface area contributed by atoms with Gasteiger partial charge >= 0.3 is 0 Å². The number of aryl methyl sites for hydroxylation is 2. The summed E-state index contributed by atoms with van der Waals surface area (Å²) in [7, 11) is -3.43. The molecule has 3 rings (SSSR count). The maximum Gasteiger partial charge on any atom is 0.210 e. The largest absolute Gasteiger partial charge is 0.444 e. The Bertz CT molecular complexity index is 654. The highest BCUT2D eigenvalue weighted by atomic mass is 32.2. The fourth-order valence-electron chi connectivity index (χ4n) is 2.24. The van der Waals surface area contributed by atoms with Gasteiger partial charge < -0.3 is 4.42 Å². The zero-order valence-electron chi connectivity index (χ0n) is 10.4. The summed E-state index contributed by atoms with van der Waals surface area (Å²) in [5.41, 5.74) is 0.919. The average molecular weight is 278 g/mol. The minimum Gasteiger partial charge on any atom is -0.444 e. The Hall–Kier alpha value is -1.69. The predicted octanol–water partition coefficient (Wildman–Crippen LogP) is 1.92. The van der Waals surface area contributed by atoms with Crippen LogP contribution in [0.3, 0.4) is 0 Å². The minimum atomic E-state index is -3.43. The number of sulfone groups is 1. The van der Waals surface area contributed by atoms with Crippen molar-refractivity contribution < 1.29 is 12.8 Å². The SMILES string of the molecule is O=S(=O)(Cc1nc2c(o1)CCCC2)c1cccnc1. The van der Waals surface area contributed by atoms with E-state index < -0.39 is 9.84 Å². The van der Waals surface area contributed by atoms with Crippen molar-refractivity contribution in [3.8, 4) is 0 Å². The summed E-state index contributed by atoms with van der Waals surface area (Å²) in [4.78, 5) is 8.32. The molecule has 19 heavy (non-hydrogen) atoms. The molecular formula is C13H14N2O3S. The Morgan fingerprint density at radius 3 is 2.84 bits per heavy atom. The van der Waals surface area contributed by atoms with E-state index in [2.05, 4.69) is 9.97 Å². The average Bonchev–Trinajstić information content (AvgIpc) is 2.81. The predicted molar refractivity (Wildman–Crippen MR) is 68.3 cm³/mol. The molecule has 2 heterocycles. The first kappa shape index (κ1) is 12.3. The third-order valence-corrected chi connectivity index (χ3v) is 4.78. The van der Waals surface area contributed by atoms with Crippen LogP contribution in [0.2, 0.25) is 0 Å². The van der Waals surface area contributed by atoms with E-state index >= 15 is 0 Å². The van der Waals surface area contributed by atoms with Crippen LogP contribution in [-0.4, -0.2) is 18.4 Å². The first-order valence-corrected chi connectivity index (χ1v) is 7.90. The van der Waals surface area contributed by atoms with Crippen LogP contribution in [0.4, 0.5) is 0 Å². The van der Waals surface area contributed by atoms with Crippen molar-refractivity contribution >= 4 is 9.84 Å². The van der Waals surface area contributed by atoms with Gasteiger partial charge in [-0.05, 0) is 31.4 Å². The number of nitrogens with zero attached hydrogens (tertiary/aromatic N) is 2. The summed E-state index contributed by atoms with van der Waals surface area (Å²) in [6.45, 7) is 0. The van der Waals surface area contributed by atoms with Gasteiger partial charge in [-0.25, -0.2) is 13.4 Å². The third-order valence-electron chi connectivity index (χ3n) is 3.20. The van der Waals surface area contributed by atoms with E-state index in [0.29, 0.717) is 0 Å². The summed E-state index contributed by atoms with van der Waals surface area (Å²) < 4.78 is 29.9. The van der Waals surface area contributed by atoms with E-state index in [1.54, 1.807) is 12.3 Å². The van der Waals surface area contributed by atoms with Gasteiger partial charge in [0.1, 0.15) is 11.5 Å². The zero-order valence-corrected chi connectivity index (χ0v) is 11.2. The lowest BCUT2D eigenvalue weighted by atomic mass is 10.0. The standard InChI is InChI=1S/C13H14N2O3S/c16-19(17,10-4-3-7-14-8-10)9-13-15-11-5-1-2-6-12(11)18-13/h3-4,7-8H,1-2,5-6,9H2.